The van der Waals surface area contributed by atoms with Crippen molar-refractivity contribution in [1.29, 1.82) is 0 Å². The maximum Gasteiger partial charge on any atom is 0.305 e. The number of rotatable bonds is 14. The van der Waals surface area contributed by atoms with E-state index in [2.05, 4.69) is 11.7 Å². The smallest absolute Gasteiger partial charge is 0.305 e. The molecule has 3 N–H and O–H groups in total. The van der Waals surface area contributed by atoms with Crippen LogP contribution in [0, 0.1) is 0 Å². The molecule has 0 amide bonds. The van der Waals surface area contributed by atoms with Gasteiger partial charge in [0.1, 0.15) is 0 Å². The predicted octanol–water partition coefficient (Wildman–Crippen LogP) is 3.22. The number of unbranched alkanes of at least 4 members (excludes halogenated alkanes) is 2. The number of ether oxygens (including phenoxy) is 1. The number of hydrogen-bond donors (Lipinski definition) is 3. The first kappa shape index (κ1) is 24.3. The van der Waals surface area contributed by atoms with E-state index in [1.807, 2.05) is 18.2 Å². The van der Waals surface area contributed by atoms with Crippen molar-refractivity contribution in [3.8, 4) is 0 Å². The fourth-order valence-corrected chi connectivity index (χ4v) is 2.18. The Bertz CT molecular complexity index is 465. The van der Waals surface area contributed by atoms with Gasteiger partial charge in [-0.15, -0.1) is 0 Å². The lowest BCUT2D eigenvalue weighted by molar-refractivity contribution is -0.140. The van der Waals surface area contributed by atoms with Gasteiger partial charge < -0.3 is 20.1 Å². The summed E-state index contributed by atoms with van der Waals surface area (Å²) in [5.74, 6) is -0.320. The quantitative estimate of drug-likeness (QED) is 0.250. The van der Waals surface area contributed by atoms with Gasteiger partial charge >= 0.3 is 5.97 Å². The molecule has 0 saturated heterocycles. The van der Waals surface area contributed by atoms with E-state index < -0.39 is 18.3 Å². The topological polar surface area (TPSA) is 87.0 Å². The first-order valence-electron chi connectivity index (χ1n) is 9.30. The van der Waals surface area contributed by atoms with Crippen LogP contribution in [-0.4, -0.2) is 46.7 Å². The fraction of sp³-hybridized carbons (Fsp3) is 0.571. The summed E-state index contributed by atoms with van der Waals surface area (Å²) >= 11 is 0. The Labute approximate surface area is 157 Å². The summed E-state index contributed by atoms with van der Waals surface area (Å²) < 4.78 is 4.52. The van der Waals surface area contributed by atoms with Gasteiger partial charge in [0.15, 0.2) is 0 Å². The van der Waals surface area contributed by atoms with E-state index in [1.165, 1.54) is 13.2 Å². The predicted molar refractivity (Wildman–Crippen MR) is 105 cm³/mol. The number of aliphatic hydroxyl groups is 3. The van der Waals surface area contributed by atoms with Gasteiger partial charge in [0.2, 0.25) is 0 Å². The number of aliphatic hydroxyl groups excluding tert-OH is 3. The molecule has 5 heteroatoms. The highest BCUT2D eigenvalue weighted by atomic mass is 16.5. The number of carbonyl (C=O) groups is 1. The second kappa shape index (κ2) is 16.8. The molecule has 148 valence electrons. The molecule has 0 aliphatic heterocycles. The van der Waals surface area contributed by atoms with Crippen LogP contribution in [0.3, 0.4) is 0 Å². The molecule has 0 aliphatic rings. The third kappa shape index (κ3) is 14.6. The minimum atomic E-state index is -0.973. The minimum Gasteiger partial charge on any atom is -0.469 e. The van der Waals surface area contributed by atoms with E-state index in [0.717, 1.165) is 25.7 Å². The van der Waals surface area contributed by atoms with Crippen molar-refractivity contribution in [2.24, 2.45) is 0 Å². The molecule has 0 aromatic rings. The van der Waals surface area contributed by atoms with Crippen molar-refractivity contribution in [3.05, 3.63) is 48.6 Å². The van der Waals surface area contributed by atoms with E-state index in [1.54, 1.807) is 24.3 Å². The van der Waals surface area contributed by atoms with Crippen LogP contribution < -0.4 is 0 Å². The van der Waals surface area contributed by atoms with Crippen LogP contribution in [0.1, 0.15) is 51.9 Å². The zero-order valence-corrected chi connectivity index (χ0v) is 16.0. The van der Waals surface area contributed by atoms with Crippen molar-refractivity contribution < 1.29 is 24.9 Å². The molecule has 0 rings (SSSR count). The molecule has 0 unspecified atom stereocenters. The molecule has 0 aromatic heterocycles. The third-order valence-corrected chi connectivity index (χ3v) is 3.80. The maximum atomic E-state index is 11.0. The Balaban J connectivity index is 3.98. The number of esters is 1. The largest absolute Gasteiger partial charge is 0.469 e. The minimum absolute atomic E-state index is 0.232. The van der Waals surface area contributed by atoms with Crippen LogP contribution >= 0.6 is 0 Å². The van der Waals surface area contributed by atoms with E-state index in [4.69, 9.17) is 0 Å². The summed E-state index contributed by atoms with van der Waals surface area (Å²) in [7, 11) is 1.32. The molecule has 0 radical (unpaired) electrons. The van der Waals surface area contributed by atoms with Crippen LogP contribution in [0.4, 0.5) is 0 Å². The Kier molecular flexibility index (Phi) is 15.7. The highest BCUT2D eigenvalue weighted by molar-refractivity contribution is 5.68. The standard InChI is InChI=1S/C21H34O5/c1-3-4-9-13-18(22)14-10-7-5-6-8-11-15-19(23)20(24)16-12-17-21(25)26-2/h5-8,10-11,14-15,18-20,22-24H,3-4,9,12-13,16-17H2,1-2H3/b7-5+,8-6+,14-10+,15-11-/t18-,19+,20-/m0/s1. The van der Waals surface area contributed by atoms with Gasteiger partial charge in [-0.25, -0.2) is 0 Å². The van der Waals surface area contributed by atoms with Gasteiger partial charge in [-0.05, 0) is 19.3 Å². The van der Waals surface area contributed by atoms with Crippen LogP contribution in [0.15, 0.2) is 48.6 Å². The summed E-state index contributed by atoms with van der Waals surface area (Å²) in [6.45, 7) is 2.14. The lowest BCUT2D eigenvalue weighted by Crippen LogP contribution is -2.23. The molecule has 0 aliphatic carbocycles. The molecular weight excluding hydrogens is 332 g/mol. The fourth-order valence-electron chi connectivity index (χ4n) is 2.18. The molecule has 0 bridgehead atoms. The van der Waals surface area contributed by atoms with Crippen LogP contribution in [0.2, 0.25) is 0 Å². The van der Waals surface area contributed by atoms with E-state index >= 15 is 0 Å². The van der Waals surface area contributed by atoms with E-state index in [9.17, 15) is 20.1 Å². The average Bonchev–Trinajstić information content (AvgIpc) is 2.63. The molecule has 5 nitrogen and oxygen atoms in total. The van der Waals surface area contributed by atoms with Gasteiger partial charge in [0, 0.05) is 6.42 Å². The molecule has 0 fully saturated rings. The second-order valence-corrected chi connectivity index (χ2v) is 6.13. The number of allylic oxidation sites excluding steroid dienone is 6. The van der Waals surface area contributed by atoms with E-state index in [0.29, 0.717) is 12.8 Å². The maximum absolute atomic E-state index is 11.0. The van der Waals surface area contributed by atoms with Gasteiger partial charge in [0.05, 0.1) is 25.4 Å². The first-order chi connectivity index (χ1) is 12.5. The highest BCUT2D eigenvalue weighted by Gasteiger charge is 2.13. The monoisotopic (exact) mass is 366 g/mol. The van der Waals surface area contributed by atoms with Crippen LogP contribution in [-0.2, 0) is 9.53 Å². The first-order valence-corrected chi connectivity index (χ1v) is 9.30. The van der Waals surface area contributed by atoms with Gasteiger partial charge in [-0.2, -0.15) is 0 Å². The molecule has 26 heavy (non-hydrogen) atoms. The summed E-state index contributed by atoms with van der Waals surface area (Å²) in [4.78, 5) is 11.0. The Hall–Kier alpha value is -1.69. The molecule has 0 spiro atoms. The number of hydrogen-bond acceptors (Lipinski definition) is 5. The van der Waals surface area contributed by atoms with Gasteiger partial charge in [-0.3, -0.25) is 4.79 Å². The second-order valence-electron chi connectivity index (χ2n) is 6.13. The number of carbonyl (C=O) groups excluding carboxylic acids is 1. The van der Waals surface area contributed by atoms with Crippen molar-refractivity contribution in [2.45, 2.75) is 70.2 Å². The van der Waals surface area contributed by atoms with Crippen molar-refractivity contribution in [2.75, 3.05) is 7.11 Å². The summed E-state index contributed by atoms with van der Waals surface area (Å²) in [5.41, 5.74) is 0. The molecule has 0 aromatic carbocycles. The van der Waals surface area contributed by atoms with Crippen molar-refractivity contribution in [1.82, 2.24) is 0 Å². The van der Waals surface area contributed by atoms with Crippen molar-refractivity contribution in [3.63, 3.8) is 0 Å². The molecule has 0 saturated carbocycles. The molecular formula is C21H34O5. The lowest BCUT2D eigenvalue weighted by Gasteiger charge is -2.13. The summed E-state index contributed by atoms with van der Waals surface area (Å²) in [5, 5.41) is 29.3. The summed E-state index contributed by atoms with van der Waals surface area (Å²) in [6.07, 6.45) is 16.8. The third-order valence-electron chi connectivity index (χ3n) is 3.80. The Morgan fingerprint density at radius 3 is 2.12 bits per heavy atom. The van der Waals surface area contributed by atoms with Crippen molar-refractivity contribution >= 4 is 5.97 Å². The van der Waals surface area contributed by atoms with Crippen LogP contribution in [0.25, 0.3) is 0 Å². The Morgan fingerprint density at radius 2 is 1.50 bits per heavy atom. The Morgan fingerprint density at radius 1 is 0.885 bits per heavy atom. The highest BCUT2D eigenvalue weighted by Crippen LogP contribution is 2.07. The normalized spacial score (nSPS) is 16.0. The van der Waals surface area contributed by atoms with E-state index in [-0.39, 0.29) is 12.4 Å². The SMILES string of the molecule is CCCCC[C@H](O)/C=C/C=C/C=C/C=C\[C@@H](O)[C@@H](O)CCCC(=O)OC. The zero-order chi connectivity index (χ0) is 19.6. The van der Waals surface area contributed by atoms with Crippen LogP contribution in [0.5, 0.6) is 0 Å². The molecule has 0 heterocycles. The van der Waals surface area contributed by atoms with Gasteiger partial charge in [-0.1, -0.05) is 74.8 Å². The average molecular weight is 366 g/mol. The molecule has 3 atom stereocenters. The summed E-state index contributed by atoms with van der Waals surface area (Å²) in [6, 6.07) is 0. The lowest BCUT2D eigenvalue weighted by atomic mass is 10.1. The van der Waals surface area contributed by atoms with Gasteiger partial charge in [0.25, 0.3) is 0 Å². The number of methoxy groups -OCH3 is 1. The zero-order valence-electron chi connectivity index (χ0n) is 16.0.